The number of guanidine groups is 1. The number of nitrogens with one attached hydrogen (secondary N) is 2. The Morgan fingerprint density at radius 2 is 1.89 bits per heavy atom. The largest absolute Gasteiger partial charge is 0.481 e. The van der Waals surface area contributed by atoms with Gasteiger partial charge in [-0.05, 0) is 18.2 Å². The number of halogens is 5. The Hall–Kier alpha value is -1.59. The smallest absolute Gasteiger partial charge is 0.387 e. The molecule has 0 amide bonds. The first kappa shape index (κ1) is 24.4. The highest BCUT2D eigenvalue weighted by atomic mass is 127. The van der Waals surface area contributed by atoms with E-state index in [4.69, 9.17) is 27.9 Å². The van der Waals surface area contributed by atoms with Crippen LogP contribution < -0.4 is 20.1 Å². The number of methoxy groups -OCH3 is 1. The molecule has 0 bridgehead atoms. The third kappa shape index (κ3) is 7.10. The molecule has 1 aromatic carbocycles. The Morgan fingerprint density at radius 1 is 1.21 bits per heavy atom. The van der Waals surface area contributed by atoms with Crippen molar-refractivity contribution < 1.29 is 18.3 Å². The van der Waals surface area contributed by atoms with Gasteiger partial charge in [-0.15, -0.1) is 24.0 Å². The van der Waals surface area contributed by atoms with E-state index in [1.165, 1.54) is 19.2 Å². The highest BCUT2D eigenvalue weighted by Crippen LogP contribution is 2.33. The van der Waals surface area contributed by atoms with E-state index in [0.29, 0.717) is 29.0 Å². The van der Waals surface area contributed by atoms with Gasteiger partial charge in [-0.2, -0.15) is 8.78 Å². The van der Waals surface area contributed by atoms with Gasteiger partial charge in [0.15, 0.2) is 5.96 Å². The van der Waals surface area contributed by atoms with Crippen molar-refractivity contribution in [2.24, 2.45) is 4.99 Å². The molecule has 1 aromatic heterocycles. The van der Waals surface area contributed by atoms with Crippen LogP contribution in [0.25, 0.3) is 0 Å². The molecule has 0 saturated carbocycles. The van der Waals surface area contributed by atoms with Gasteiger partial charge in [0.05, 0.1) is 12.1 Å². The second-order valence-corrected chi connectivity index (χ2v) is 6.05. The lowest BCUT2D eigenvalue weighted by atomic mass is 10.2. The fourth-order valence-electron chi connectivity index (χ4n) is 2.29. The second-order valence-electron chi connectivity index (χ2n) is 5.21. The molecule has 0 atom stereocenters. The van der Waals surface area contributed by atoms with Crippen molar-refractivity contribution in [1.29, 1.82) is 0 Å². The maximum Gasteiger partial charge on any atom is 0.387 e. The third-order valence-corrected chi connectivity index (χ3v) is 3.95. The van der Waals surface area contributed by atoms with E-state index in [-0.39, 0.29) is 41.3 Å². The lowest BCUT2D eigenvalue weighted by Crippen LogP contribution is -2.36. The molecule has 0 unspecified atom stereocenters. The van der Waals surface area contributed by atoms with Crippen molar-refractivity contribution in [2.75, 3.05) is 14.2 Å². The van der Waals surface area contributed by atoms with E-state index >= 15 is 0 Å². The van der Waals surface area contributed by atoms with E-state index in [1.54, 1.807) is 19.3 Å². The molecule has 28 heavy (non-hydrogen) atoms. The van der Waals surface area contributed by atoms with Gasteiger partial charge in [0.1, 0.15) is 5.75 Å². The zero-order chi connectivity index (χ0) is 19.8. The summed E-state index contributed by atoms with van der Waals surface area (Å²) in [6, 6.07) is 6.48. The second kappa shape index (κ2) is 12.1. The van der Waals surface area contributed by atoms with Crippen molar-refractivity contribution in [3.05, 3.63) is 51.6 Å². The molecule has 6 nitrogen and oxygen atoms in total. The number of alkyl halides is 2. The minimum atomic E-state index is -3.00. The Morgan fingerprint density at radius 3 is 2.50 bits per heavy atom. The number of hydrogen-bond donors (Lipinski definition) is 2. The first-order chi connectivity index (χ1) is 12.9. The monoisotopic (exact) mass is 546 g/mol. The molecule has 0 aliphatic rings. The molecule has 0 fully saturated rings. The minimum absolute atomic E-state index is 0. The summed E-state index contributed by atoms with van der Waals surface area (Å²) < 4.78 is 35.0. The number of rotatable bonds is 7. The molecule has 0 aliphatic heterocycles. The molecule has 2 aromatic rings. The number of pyridine rings is 1. The van der Waals surface area contributed by atoms with E-state index in [9.17, 15) is 8.78 Å². The van der Waals surface area contributed by atoms with Crippen molar-refractivity contribution in [3.63, 3.8) is 0 Å². The highest BCUT2D eigenvalue weighted by molar-refractivity contribution is 14.0. The molecule has 2 rings (SSSR count). The summed E-state index contributed by atoms with van der Waals surface area (Å²) in [7, 11) is 3.11. The van der Waals surface area contributed by atoms with E-state index in [1.807, 2.05) is 6.07 Å². The van der Waals surface area contributed by atoms with Gasteiger partial charge < -0.3 is 20.1 Å². The number of ether oxygens (including phenoxy) is 2. The zero-order valence-electron chi connectivity index (χ0n) is 15.0. The minimum Gasteiger partial charge on any atom is -0.481 e. The van der Waals surface area contributed by atoms with Crippen LogP contribution >= 0.6 is 47.2 Å². The lowest BCUT2D eigenvalue weighted by Gasteiger charge is -2.16. The molecular formula is C17H19Cl2F2IN4O2. The van der Waals surface area contributed by atoms with E-state index in [0.717, 1.165) is 5.56 Å². The summed E-state index contributed by atoms with van der Waals surface area (Å²) in [6.07, 6.45) is 1.63. The topological polar surface area (TPSA) is 67.8 Å². The molecule has 154 valence electrons. The quantitative estimate of drug-likeness (QED) is 0.304. The standard InChI is InChI=1S/C17H18Cl2F2N4O2.HI/c1-22-17(24-8-10-4-3-5-23-15(10)26-2)25-9-11-6-12(18)7-13(19)14(11)27-16(20)21;/h3-7,16H,8-9H2,1-2H3,(H2,22,24,25);1H. The predicted molar refractivity (Wildman–Crippen MR) is 116 cm³/mol. The zero-order valence-corrected chi connectivity index (χ0v) is 18.9. The number of aliphatic imine (C=N–C) groups is 1. The third-order valence-electron chi connectivity index (χ3n) is 3.45. The Kier molecular flexibility index (Phi) is 10.5. The first-order valence-corrected chi connectivity index (χ1v) is 8.55. The van der Waals surface area contributed by atoms with Crippen molar-refractivity contribution in [3.8, 4) is 11.6 Å². The van der Waals surface area contributed by atoms with Crippen molar-refractivity contribution in [1.82, 2.24) is 15.6 Å². The summed E-state index contributed by atoms with van der Waals surface area (Å²) in [5.41, 5.74) is 1.20. The van der Waals surface area contributed by atoms with Crippen LogP contribution in [0.1, 0.15) is 11.1 Å². The fraction of sp³-hybridized carbons (Fsp3) is 0.294. The van der Waals surface area contributed by atoms with E-state index < -0.39 is 6.61 Å². The molecule has 2 N–H and O–H groups in total. The van der Waals surface area contributed by atoms with Gasteiger partial charge in [0, 0.05) is 42.5 Å². The van der Waals surface area contributed by atoms with Gasteiger partial charge >= 0.3 is 6.61 Å². The van der Waals surface area contributed by atoms with Gasteiger partial charge in [-0.1, -0.05) is 29.3 Å². The van der Waals surface area contributed by atoms with Gasteiger partial charge in [-0.25, -0.2) is 4.98 Å². The van der Waals surface area contributed by atoms with Crippen LogP contribution in [-0.2, 0) is 13.1 Å². The Labute approximate surface area is 188 Å². The van der Waals surface area contributed by atoms with Crippen LogP contribution in [0, 0.1) is 0 Å². The molecular weight excluding hydrogens is 528 g/mol. The normalized spacial score (nSPS) is 11.0. The number of hydrogen-bond acceptors (Lipinski definition) is 4. The number of benzene rings is 1. The van der Waals surface area contributed by atoms with Crippen LogP contribution in [-0.4, -0.2) is 31.7 Å². The van der Waals surface area contributed by atoms with E-state index in [2.05, 4.69) is 25.3 Å². The number of aromatic nitrogens is 1. The predicted octanol–water partition coefficient (Wildman–Crippen LogP) is 4.48. The lowest BCUT2D eigenvalue weighted by molar-refractivity contribution is -0.0504. The average Bonchev–Trinajstić information content (AvgIpc) is 2.64. The molecule has 1 heterocycles. The maximum atomic E-state index is 12.6. The molecule has 0 saturated heterocycles. The van der Waals surface area contributed by atoms with Crippen LogP contribution in [0.5, 0.6) is 11.6 Å². The summed E-state index contributed by atoms with van der Waals surface area (Å²) >= 11 is 11.9. The van der Waals surface area contributed by atoms with Gasteiger partial charge in [0.2, 0.25) is 5.88 Å². The van der Waals surface area contributed by atoms with Gasteiger partial charge in [0.25, 0.3) is 0 Å². The fourth-order valence-corrected chi connectivity index (χ4v) is 2.87. The first-order valence-electron chi connectivity index (χ1n) is 7.79. The van der Waals surface area contributed by atoms with Crippen LogP contribution in [0.15, 0.2) is 35.5 Å². The summed E-state index contributed by atoms with van der Waals surface area (Å²) in [4.78, 5) is 8.20. The van der Waals surface area contributed by atoms with Gasteiger partial charge in [-0.3, -0.25) is 4.99 Å². The Balaban J connectivity index is 0.00000392. The summed E-state index contributed by atoms with van der Waals surface area (Å²) in [6.45, 7) is -2.49. The molecule has 0 radical (unpaired) electrons. The SMILES string of the molecule is CN=C(NCc1cccnc1OC)NCc1cc(Cl)cc(Cl)c1OC(F)F.I. The number of nitrogens with zero attached hydrogens (tertiary/aromatic N) is 2. The van der Waals surface area contributed by atoms with Crippen molar-refractivity contribution >= 4 is 53.1 Å². The highest BCUT2D eigenvalue weighted by Gasteiger charge is 2.15. The Bertz CT molecular complexity index is 813. The molecule has 0 aliphatic carbocycles. The average molecular weight is 547 g/mol. The van der Waals surface area contributed by atoms with Crippen molar-refractivity contribution in [2.45, 2.75) is 19.7 Å². The summed E-state index contributed by atoms with van der Waals surface area (Å²) in [5, 5.41) is 6.39. The van der Waals surface area contributed by atoms with Crippen LogP contribution in [0.4, 0.5) is 8.78 Å². The summed E-state index contributed by atoms with van der Waals surface area (Å²) in [5.74, 6) is 0.794. The maximum absolute atomic E-state index is 12.6. The van der Waals surface area contributed by atoms with Crippen LogP contribution in [0.3, 0.4) is 0 Å². The molecule has 0 spiro atoms. The van der Waals surface area contributed by atoms with Crippen LogP contribution in [0.2, 0.25) is 10.0 Å². The molecule has 11 heteroatoms.